The van der Waals surface area contributed by atoms with Crippen LogP contribution in [0.3, 0.4) is 0 Å². The van der Waals surface area contributed by atoms with E-state index in [1.807, 2.05) is 97.9 Å². The van der Waals surface area contributed by atoms with Gasteiger partial charge in [-0.15, -0.1) is 0 Å². The third-order valence-corrected chi connectivity index (χ3v) is 7.24. The Morgan fingerprint density at radius 2 is 0.863 bits per heavy atom. The number of benzene rings is 4. The molecule has 266 valence electrons. The van der Waals surface area contributed by atoms with E-state index in [9.17, 15) is 9.59 Å². The maximum Gasteiger partial charge on any atom is 0.305 e. The van der Waals surface area contributed by atoms with Crippen LogP contribution in [0.25, 0.3) is 0 Å². The smallest absolute Gasteiger partial charge is 0.305 e. The summed E-state index contributed by atoms with van der Waals surface area (Å²) in [6, 6.07) is 27.7. The molecule has 0 N–H and O–H groups in total. The molecular weight excluding hydrogens is 648 g/mol. The second-order valence-corrected chi connectivity index (χ2v) is 11.3. The predicted octanol–water partition coefficient (Wildman–Crippen LogP) is 11.5. The first-order valence-corrected chi connectivity index (χ1v) is 17.1. The maximum atomic E-state index is 11.4. The Balaban J connectivity index is 1.19. The number of unbranched alkanes of at least 4 members (excludes halogenated alkanes) is 2. The quantitative estimate of drug-likeness (QED) is 0.0512. The number of nitrogens with zero attached hydrogens (tertiary/aromatic N) is 6. The molecule has 51 heavy (non-hydrogen) atoms. The zero-order chi connectivity index (χ0) is 36.1. The van der Waals surface area contributed by atoms with E-state index in [1.165, 1.54) is 0 Å². The minimum atomic E-state index is -0.172. The van der Waals surface area contributed by atoms with Crippen molar-refractivity contribution in [2.45, 2.75) is 59.3 Å². The Morgan fingerprint density at radius 1 is 0.490 bits per heavy atom. The minimum absolute atomic E-state index is 0.172. The van der Waals surface area contributed by atoms with Crippen LogP contribution in [-0.2, 0) is 19.1 Å². The van der Waals surface area contributed by atoms with Gasteiger partial charge in [-0.05, 0) is 143 Å². The lowest BCUT2D eigenvalue weighted by atomic mass is 10.2. The maximum absolute atomic E-state index is 11.4. The van der Waals surface area contributed by atoms with Gasteiger partial charge in [0, 0.05) is 12.8 Å². The van der Waals surface area contributed by atoms with E-state index < -0.39 is 0 Å². The van der Waals surface area contributed by atoms with Gasteiger partial charge in [-0.2, -0.15) is 30.7 Å². The van der Waals surface area contributed by atoms with Crippen LogP contribution < -0.4 is 9.47 Å². The highest BCUT2D eigenvalue weighted by molar-refractivity contribution is 5.69. The molecule has 0 bridgehead atoms. The van der Waals surface area contributed by atoms with Gasteiger partial charge in [0.2, 0.25) is 0 Å². The lowest BCUT2D eigenvalue weighted by Gasteiger charge is -2.06. The van der Waals surface area contributed by atoms with Crippen molar-refractivity contribution in [2.75, 3.05) is 26.4 Å². The largest absolute Gasteiger partial charge is 0.494 e. The minimum Gasteiger partial charge on any atom is -0.494 e. The van der Waals surface area contributed by atoms with E-state index >= 15 is 0 Å². The van der Waals surface area contributed by atoms with Crippen molar-refractivity contribution < 1.29 is 28.5 Å². The van der Waals surface area contributed by atoms with E-state index in [-0.39, 0.29) is 11.9 Å². The molecule has 12 heteroatoms. The van der Waals surface area contributed by atoms with Crippen LogP contribution in [0, 0.1) is 6.92 Å². The number of aryl methyl sites for hydroxylation is 1. The molecule has 4 aromatic rings. The molecule has 0 saturated heterocycles. The summed E-state index contributed by atoms with van der Waals surface area (Å²) >= 11 is 0. The number of ether oxygens (including phenoxy) is 4. The van der Waals surface area contributed by atoms with Crippen LogP contribution in [-0.4, -0.2) is 38.4 Å². The zero-order valence-corrected chi connectivity index (χ0v) is 29.4. The van der Waals surface area contributed by atoms with Gasteiger partial charge in [-0.3, -0.25) is 9.59 Å². The lowest BCUT2D eigenvalue weighted by molar-refractivity contribution is -0.144. The second-order valence-electron chi connectivity index (χ2n) is 11.3. The predicted molar refractivity (Wildman–Crippen MR) is 195 cm³/mol. The first-order chi connectivity index (χ1) is 24.9. The fraction of sp³-hybridized carbons (Fsp3) is 0.333. The number of hydrogen-bond donors (Lipinski definition) is 0. The fourth-order valence-electron chi connectivity index (χ4n) is 4.55. The van der Waals surface area contributed by atoms with Crippen molar-refractivity contribution in [1.29, 1.82) is 0 Å². The van der Waals surface area contributed by atoms with Crippen LogP contribution in [0.15, 0.2) is 122 Å². The van der Waals surface area contributed by atoms with Crippen molar-refractivity contribution in [3.8, 4) is 11.5 Å². The standard InChI is InChI=1S/C39H44N6O6/c1-4-48-38(46)10-6-8-26-50-35-21-16-32(17-22-35)41-40-30-12-14-31(15-13-30)43-45-37-25-20-34(28-29(37)3)44-42-33-18-23-36(24-19-33)51-27-9-7-11-39(47)49-5-2/h12-25,28H,4-11,26-27H2,1-3H3/b41-40+,44-42+,45-43+. The molecule has 0 spiro atoms. The third kappa shape index (κ3) is 14.3. The molecule has 0 aliphatic heterocycles. The van der Waals surface area contributed by atoms with Crippen molar-refractivity contribution in [2.24, 2.45) is 30.7 Å². The van der Waals surface area contributed by atoms with Crippen LogP contribution in [0.4, 0.5) is 34.1 Å². The summed E-state index contributed by atoms with van der Waals surface area (Å²) in [4.78, 5) is 22.8. The molecule has 0 unspecified atom stereocenters. The summed E-state index contributed by atoms with van der Waals surface area (Å²) in [6.07, 6.45) is 3.81. The van der Waals surface area contributed by atoms with Gasteiger partial charge in [0.05, 0.1) is 60.6 Å². The van der Waals surface area contributed by atoms with Crippen molar-refractivity contribution >= 4 is 46.1 Å². The monoisotopic (exact) mass is 692 g/mol. The molecule has 0 radical (unpaired) electrons. The van der Waals surface area contributed by atoms with Crippen LogP contribution in [0.1, 0.15) is 57.9 Å². The summed E-state index contributed by atoms with van der Waals surface area (Å²) in [5.41, 5.74) is 5.12. The molecule has 4 aromatic carbocycles. The highest BCUT2D eigenvalue weighted by Gasteiger charge is 2.04. The molecule has 0 aliphatic rings. The Bertz CT molecular complexity index is 1760. The first-order valence-electron chi connectivity index (χ1n) is 17.1. The van der Waals surface area contributed by atoms with E-state index in [0.29, 0.717) is 67.7 Å². The average Bonchev–Trinajstić information content (AvgIpc) is 3.14. The van der Waals surface area contributed by atoms with Gasteiger partial charge >= 0.3 is 11.9 Å². The number of carbonyl (C=O) groups is 2. The number of esters is 2. The van der Waals surface area contributed by atoms with Gasteiger partial charge in [0.25, 0.3) is 0 Å². The highest BCUT2D eigenvalue weighted by Crippen LogP contribution is 2.29. The summed E-state index contributed by atoms with van der Waals surface area (Å²) in [6.45, 7) is 7.42. The molecule has 4 rings (SSSR count). The van der Waals surface area contributed by atoms with Crippen molar-refractivity contribution in [1.82, 2.24) is 0 Å². The van der Waals surface area contributed by atoms with Crippen LogP contribution in [0.5, 0.6) is 11.5 Å². The molecule has 0 aliphatic carbocycles. The summed E-state index contributed by atoms with van der Waals surface area (Å²) in [5.74, 6) is 1.13. The lowest BCUT2D eigenvalue weighted by Crippen LogP contribution is -2.05. The van der Waals surface area contributed by atoms with Crippen molar-refractivity contribution in [3.63, 3.8) is 0 Å². The number of azo groups is 3. The molecule has 0 atom stereocenters. The molecule has 12 nitrogen and oxygen atoms in total. The van der Waals surface area contributed by atoms with E-state index in [0.717, 1.165) is 48.4 Å². The van der Waals surface area contributed by atoms with Gasteiger partial charge in [-0.1, -0.05) is 0 Å². The Kier molecular flexibility index (Phi) is 15.9. The second kappa shape index (κ2) is 21.3. The Morgan fingerprint density at radius 3 is 1.27 bits per heavy atom. The molecule has 0 saturated carbocycles. The van der Waals surface area contributed by atoms with Crippen molar-refractivity contribution in [3.05, 3.63) is 96.6 Å². The fourth-order valence-corrected chi connectivity index (χ4v) is 4.55. The topological polar surface area (TPSA) is 145 Å². The number of rotatable bonds is 20. The summed E-state index contributed by atoms with van der Waals surface area (Å²) < 4.78 is 21.3. The highest BCUT2D eigenvalue weighted by atomic mass is 16.5. The van der Waals surface area contributed by atoms with Gasteiger partial charge in [0.15, 0.2) is 0 Å². The Hall–Kier alpha value is -5.78. The van der Waals surface area contributed by atoms with E-state index in [1.54, 1.807) is 13.8 Å². The van der Waals surface area contributed by atoms with E-state index in [2.05, 4.69) is 30.7 Å². The third-order valence-electron chi connectivity index (χ3n) is 7.24. The normalized spacial score (nSPS) is 11.4. The Labute approximate surface area is 298 Å². The molecule has 0 heterocycles. The summed E-state index contributed by atoms with van der Waals surface area (Å²) in [7, 11) is 0. The summed E-state index contributed by atoms with van der Waals surface area (Å²) in [5, 5.41) is 26.1. The molecular formula is C39H44N6O6. The zero-order valence-electron chi connectivity index (χ0n) is 29.4. The van der Waals surface area contributed by atoms with Gasteiger partial charge < -0.3 is 18.9 Å². The average molecular weight is 693 g/mol. The van der Waals surface area contributed by atoms with Gasteiger partial charge in [-0.25, -0.2) is 0 Å². The molecule has 0 fully saturated rings. The van der Waals surface area contributed by atoms with Crippen LogP contribution in [0.2, 0.25) is 0 Å². The SMILES string of the molecule is CCOC(=O)CCCCOc1ccc(/N=N/c2ccc(/N=N/c3ccc(/N=N/c4ccc(OCCCCC(=O)OCC)cc4)cc3C)cc2)cc1. The number of carbonyl (C=O) groups excluding carboxylic acids is 2. The van der Waals surface area contributed by atoms with Gasteiger partial charge in [0.1, 0.15) is 11.5 Å². The first kappa shape index (κ1) is 38.0. The van der Waals surface area contributed by atoms with E-state index in [4.69, 9.17) is 18.9 Å². The number of hydrogen-bond acceptors (Lipinski definition) is 12. The molecule has 0 aromatic heterocycles. The molecule has 0 amide bonds. The van der Waals surface area contributed by atoms with Crippen LogP contribution >= 0.6 is 0 Å².